The topological polar surface area (TPSA) is 49.3 Å². The maximum atomic E-state index is 5.20. The summed E-state index contributed by atoms with van der Waals surface area (Å²) in [5.41, 5.74) is 0.752. The summed E-state index contributed by atoms with van der Waals surface area (Å²) in [7, 11) is 6.19. The second-order valence-corrected chi connectivity index (χ2v) is 2.87. The third kappa shape index (κ3) is 2.56. The Morgan fingerprint density at radius 1 is 0.875 bits per heavy atom. The minimum atomic E-state index is 0.605. The molecule has 0 radical (unpaired) electrons. The zero-order valence-corrected chi connectivity index (χ0v) is 9.81. The summed E-state index contributed by atoms with van der Waals surface area (Å²) in [4.78, 5) is 4.62. The van der Waals surface area contributed by atoms with Crippen molar-refractivity contribution in [3.05, 3.63) is 17.7 Å². The van der Waals surface area contributed by atoms with Crippen LogP contribution in [0.25, 0.3) is 0 Å². The second-order valence-electron chi connectivity index (χ2n) is 2.87. The van der Waals surface area contributed by atoms with E-state index in [-0.39, 0.29) is 0 Å². The van der Waals surface area contributed by atoms with Gasteiger partial charge in [0.2, 0.25) is 0 Å². The molecule has 0 aliphatic heterocycles. The van der Waals surface area contributed by atoms with Crippen molar-refractivity contribution in [1.29, 1.82) is 0 Å². The van der Waals surface area contributed by atoms with Crippen LogP contribution in [0.5, 0.6) is 17.2 Å². The van der Waals surface area contributed by atoms with Crippen molar-refractivity contribution < 1.29 is 19.0 Å². The Morgan fingerprint density at radius 2 is 1.44 bits per heavy atom. The van der Waals surface area contributed by atoms with E-state index in [4.69, 9.17) is 14.2 Å². The highest BCUT2D eigenvalue weighted by Crippen LogP contribution is 2.33. The Bertz CT molecular complexity index is 376. The van der Waals surface area contributed by atoms with Crippen LogP contribution in [0.1, 0.15) is 5.56 Å². The van der Waals surface area contributed by atoms with Crippen LogP contribution in [0.15, 0.2) is 17.3 Å². The lowest BCUT2D eigenvalue weighted by atomic mass is 10.2. The molecular weight excluding hydrogens is 210 g/mol. The van der Waals surface area contributed by atoms with Gasteiger partial charge in [-0.2, -0.15) is 0 Å². The highest BCUT2D eigenvalue weighted by Gasteiger charge is 2.10. The molecule has 88 valence electrons. The third-order valence-electron chi connectivity index (χ3n) is 2.03. The quantitative estimate of drug-likeness (QED) is 0.565. The number of nitrogens with zero attached hydrogens (tertiary/aromatic N) is 1. The van der Waals surface area contributed by atoms with Gasteiger partial charge in [0.05, 0.1) is 27.5 Å². The van der Waals surface area contributed by atoms with Crippen LogP contribution in [0, 0.1) is 0 Å². The van der Waals surface area contributed by atoms with Gasteiger partial charge in [0.1, 0.15) is 12.9 Å². The predicted molar refractivity (Wildman–Crippen MR) is 60.7 cm³/mol. The first kappa shape index (κ1) is 12.2. The standard InChI is InChI=1S/C11H15NO4/c1-13-9-6-11(15-3)10(14-2)5-8(9)7-12-16-4/h5-7H,1-4H3/b12-7+. The minimum Gasteiger partial charge on any atom is -0.496 e. The van der Waals surface area contributed by atoms with Crippen LogP contribution < -0.4 is 14.2 Å². The van der Waals surface area contributed by atoms with Crippen molar-refractivity contribution in [2.24, 2.45) is 5.16 Å². The van der Waals surface area contributed by atoms with E-state index in [0.717, 1.165) is 5.56 Å². The van der Waals surface area contributed by atoms with Crippen molar-refractivity contribution in [2.45, 2.75) is 0 Å². The van der Waals surface area contributed by atoms with Crippen molar-refractivity contribution in [3.8, 4) is 17.2 Å². The molecule has 0 amide bonds. The Balaban J connectivity index is 3.20. The van der Waals surface area contributed by atoms with Gasteiger partial charge in [0.15, 0.2) is 11.5 Å². The third-order valence-corrected chi connectivity index (χ3v) is 2.03. The number of methoxy groups -OCH3 is 3. The van der Waals surface area contributed by atoms with Crippen LogP contribution >= 0.6 is 0 Å². The van der Waals surface area contributed by atoms with E-state index in [9.17, 15) is 0 Å². The zero-order chi connectivity index (χ0) is 12.0. The fourth-order valence-electron chi connectivity index (χ4n) is 1.26. The molecule has 0 N–H and O–H groups in total. The fraction of sp³-hybridized carbons (Fsp3) is 0.364. The molecule has 0 heterocycles. The predicted octanol–water partition coefficient (Wildman–Crippen LogP) is 1.69. The number of hydrogen-bond acceptors (Lipinski definition) is 5. The molecule has 0 atom stereocenters. The van der Waals surface area contributed by atoms with E-state index in [0.29, 0.717) is 17.2 Å². The maximum Gasteiger partial charge on any atom is 0.164 e. The second kappa shape index (κ2) is 5.85. The Morgan fingerprint density at radius 3 is 1.94 bits per heavy atom. The smallest absolute Gasteiger partial charge is 0.164 e. The van der Waals surface area contributed by atoms with Gasteiger partial charge in [0, 0.05) is 11.6 Å². The molecule has 16 heavy (non-hydrogen) atoms. The summed E-state index contributed by atoms with van der Waals surface area (Å²) in [5.74, 6) is 1.85. The van der Waals surface area contributed by atoms with Crippen LogP contribution in [-0.4, -0.2) is 34.7 Å². The van der Waals surface area contributed by atoms with E-state index in [1.165, 1.54) is 7.11 Å². The molecule has 1 aromatic carbocycles. The summed E-state index contributed by atoms with van der Waals surface area (Å²) in [6, 6.07) is 3.50. The molecular formula is C11H15NO4. The molecule has 1 aromatic rings. The van der Waals surface area contributed by atoms with Crippen molar-refractivity contribution in [2.75, 3.05) is 28.4 Å². The van der Waals surface area contributed by atoms with Crippen molar-refractivity contribution in [1.82, 2.24) is 0 Å². The number of rotatable bonds is 5. The van der Waals surface area contributed by atoms with E-state index < -0.39 is 0 Å². The average Bonchev–Trinajstić information content (AvgIpc) is 2.35. The molecule has 0 fully saturated rings. The van der Waals surface area contributed by atoms with Gasteiger partial charge in [-0.25, -0.2) is 0 Å². The summed E-state index contributed by atoms with van der Waals surface area (Å²) < 4.78 is 15.5. The maximum absolute atomic E-state index is 5.20. The first-order chi connectivity index (χ1) is 7.76. The minimum absolute atomic E-state index is 0.605. The van der Waals surface area contributed by atoms with Gasteiger partial charge < -0.3 is 19.0 Å². The van der Waals surface area contributed by atoms with Gasteiger partial charge in [-0.15, -0.1) is 0 Å². The lowest BCUT2D eigenvalue weighted by Gasteiger charge is -2.11. The SMILES string of the molecule is CO/N=C/c1cc(OC)c(OC)cc1OC. The number of ether oxygens (including phenoxy) is 3. The van der Waals surface area contributed by atoms with Crippen LogP contribution in [0.3, 0.4) is 0 Å². The molecule has 1 rings (SSSR count). The Hall–Kier alpha value is -1.91. The molecule has 0 unspecified atom stereocenters. The van der Waals surface area contributed by atoms with E-state index in [1.807, 2.05) is 0 Å². The summed E-state index contributed by atoms with van der Waals surface area (Å²) >= 11 is 0. The average molecular weight is 225 g/mol. The molecule has 0 aromatic heterocycles. The Labute approximate surface area is 94.6 Å². The van der Waals surface area contributed by atoms with Crippen LogP contribution in [-0.2, 0) is 4.84 Å². The van der Waals surface area contributed by atoms with Crippen LogP contribution in [0.2, 0.25) is 0 Å². The molecule has 0 aliphatic rings. The van der Waals surface area contributed by atoms with Crippen LogP contribution in [0.4, 0.5) is 0 Å². The first-order valence-corrected chi connectivity index (χ1v) is 4.63. The van der Waals surface area contributed by atoms with E-state index in [1.54, 1.807) is 39.7 Å². The lowest BCUT2D eigenvalue weighted by Crippen LogP contribution is -1.96. The summed E-state index contributed by atoms with van der Waals surface area (Å²) in [5, 5.41) is 3.68. The van der Waals surface area contributed by atoms with E-state index in [2.05, 4.69) is 9.99 Å². The van der Waals surface area contributed by atoms with Crippen molar-refractivity contribution in [3.63, 3.8) is 0 Å². The summed E-state index contributed by atoms with van der Waals surface area (Å²) in [6.07, 6.45) is 1.54. The number of oxime groups is 1. The van der Waals surface area contributed by atoms with Crippen molar-refractivity contribution >= 4 is 6.21 Å². The molecule has 5 nitrogen and oxygen atoms in total. The molecule has 5 heteroatoms. The lowest BCUT2D eigenvalue weighted by molar-refractivity contribution is 0.215. The van der Waals surface area contributed by atoms with Gasteiger partial charge in [-0.1, -0.05) is 5.16 Å². The number of benzene rings is 1. The largest absolute Gasteiger partial charge is 0.496 e. The highest BCUT2D eigenvalue weighted by atomic mass is 16.6. The zero-order valence-electron chi connectivity index (χ0n) is 9.81. The Kier molecular flexibility index (Phi) is 4.44. The van der Waals surface area contributed by atoms with Gasteiger partial charge >= 0.3 is 0 Å². The summed E-state index contributed by atoms with van der Waals surface area (Å²) in [6.45, 7) is 0. The first-order valence-electron chi connectivity index (χ1n) is 4.63. The highest BCUT2D eigenvalue weighted by molar-refractivity contribution is 5.84. The number of hydrogen-bond donors (Lipinski definition) is 0. The van der Waals surface area contributed by atoms with Gasteiger partial charge in [-0.3, -0.25) is 0 Å². The fourth-order valence-corrected chi connectivity index (χ4v) is 1.26. The molecule has 0 aliphatic carbocycles. The van der Waals surface area contributed by atoms with Gasteiger partial charge in [-0.05, 0) is 6.07 Å². The van der Waals surface area contributed by atoms with Gasteiger partial charge in [0.25, 0.3) is 0 Å². The normalized spacial score (nSPS) is 10.2. The molecule has 0 bridgehead atoms. The molecule has 0 spiro atoms. The van der Waals surface area contributed by atoms with E-state index >= 15 is 0 Å². The molecule has 0 saturated carbocycles. The monoisotopic (exact) mass is 225 g/mol. The molecule has 0 saturated heterocycles.